The molecule has 0 fully saturated rings. The first-order valence-corrected chi connectivity index (χ1v) is 6.91. The second-order valence-electron chi connectivity index (χ2n) is 3.96. The number of aliphatic carboxylic acids is 1. The summed E-state index contributed by atoms with van der Waals surface area (Å²) in [5, 5.41) is 20.2. The smallest absolute Gasteiger partial charge is 0.325 e. The van der Waals surface area contributed by atoms with Crippen LogP contribution in [0.2, 0.25) is 0 Å². The summed E-state index contributed by atoms with van der Waals surface area (Å²) in [5.74, 6) is 0.632. The molecule has 0 spiro atoms. The summed E-state index contributed by atoms with van der Waals surface area (Å²) in [7, 11) is 1.63. The van der Waals surface area contributed by atoms with Gasteiger partial charge in [-0.2, -0.15) is 0 Å². The Morgan fingerprint density at radius 3 is 2.80 bits per heavy atom. The van der Waals surface area contributed by atoms with Crippen LogP contribution in [0, 0.1) is 0 Å². The lowest BCUT2D eigenvalue weighted by molar-refractivity contribution is -0.138. The van der Waals surface area contributed by atoms with Gasteiger partial charge < -0.3 is 9.84 Å². The summed E-state index contributed by atoms with van der Waals surface area (Å²) < 4.78 is 6.37. The van der Waals surface area contributed by atoms with Gasteiger partial charge in [0.1, 0.15) is 12.3 Å². The van der Waals surface area contributed by atoms with Crippen molar-refractivity contribution >= 4 is 17.7 Å². The molecule has 106 valence electrons. The number of aryl methyl sites for hydroxylation is 1. The average molecular weight is 294 g/mol. The molecule has 0 bridgehead atoms. The number of methoxy groups -OCH3 is 1. The van der Waals surface area contributed by atoms with E-state index in [9.17, 15) is 4.79 Å². The number of hydrogen-bond acceptors (Lipinski definition) is 6. The second kappa shape index (κ2) is 6.90. The van der Waals surface area contributed by atoms with Crippen LogP contribution in [0.5, 0.6) is 5.75 Å². The normalized spacial score (nSPS) is 10.4. The molecule has 0 saturated heterocycles. The van der Waals surface area contributed by atoms with E-state index in [1.54, 1.807) is 7.11 Å². The number of nitrogens with zero attached hydrogens (tertiary/aromatic N) is 4. The van der Waals surface area contributed by atoms with E-state index in [2.05, 4.69) is 15.5 Å². The number of tetrazole rings is 1. The van der Waals surface area contributed by atoms with Gasteiger partial charge in [0.05, 0.1) is 7.11 Å². The lowest BCUT2D eigenvalue weighted by atomic mass is 10.2. The monoisotopic (exact) mass is 294 g/mol. The maximum Gasteiger partial charge on any atom is 0.325 e. The topological polar surface area (TPSA) is 90.1 Å². The first-order valence-electron chi connectivity index (χ1n) is 5.92. The zero-order valence-corrected chi connectivity index (χ0v) is 11.7. The summed E-state index contributed by atoms with van der Waals surface area (Å²) in [4.78, 5) is 10.6. The number of aromatic nitrogens is 4. The highest BCUT2D eigenvalue weighted by atomic mass is 32.2. The Bertz CT molecular complexity index is 570. The van der Waals surface area contributed by atoms with Crippen molar-refractivity contribution in [2.75, 3.05) is 12.9 Å². The number of benzene rings is 1. The van der Waals surface area contributed by atoms with Crippen LogP contribution in [-0.4, -0.2) is 44.1 Å². The molecule has 1 N–H and O–H groups in total. The van der Waals surface area contributed by atoms with E-state index in [1.165, 1.54) is 22.0 Å². The Kier molecular flexibility index (Phi) is 4.94. The summed E-state index contributed by atoms with van der Waals surface area (Å²) in [6.07, 6.45) is 0.842. The fourth-order valence-corrected chi connectivity index (χ4v) is 2.44. The van der Waals surface area contributed by atoms with Gasteiger partial charge in [-0.05, 0) is 34.5 Å². The molecule has 1 aromatic carbocycles. The predicted octanol–water partition coefficient (Wildman–Crippen LogP) is 1.10. The molecule has 0 radical (unpaired) electrons. The standard InChI is InChI=1S/C12H14N4O3S/c1-19-10-4-2-9(3-5-10)6-7-20-12-13-14-15-16(12)8-11(17)18/h2-5H,6-8H2,1H3,(H,17,18). The third-order valence-corrected chi connectivity index (χ3v) is 3.52. The number of carbonyl (C=O) groups is 1. The minimum Gasteiger partial charge on any atom is -0.497 e. The molecule has 7 nitrogen and oxygen atoms in total. The van der Waals surface area contributed by atoms with Crippen molar-refractivity contribution in [3.8, 4) is 5.75 Å². The molecule has 2 rings (SSSR count). The quantitative estimate of drug-likeness (QED) is 0.765. The Morgan fingerprint density at radius 2 is 2.15 bits per heavy atom. The molecule has 0 aliphatic carbocycles. The minimum absolute atomic E-state index is 0.224. The number of carboxylic acid groups (broad SMARTS) is 1. The van der Waals surface area contributed by atoms with E-state index in [0.29, 0.717) is 5.16 Å². The van der Waals surface area contributed by atoms with Crippen molar-refractivity contribution in [2.24, 2.45) is 0 Å². The van der Waals surface area contributed by atoms with E-state index in [0.717, 1.165) is 17.9 Å². The lowest BCUT2D eigenvalue weighted by Crippen LogP contribution is -2.11. The molecular weight excluding hydrogens is 280 g/mol. The number of carboxylic acids is 1. The van der Waals surface area contributed by atoms with Crippen LogP contribution in [0.1, 0.15) is 5.56 Å². The first kappa shape index (κ1) is 14.3. The molecule has 8 heteroatoms. The highest BCUT2D eigenvalue weighted by Crippen LogP contribution is 2.17. The van der Waals surface area contributed by atoms with E-state index >= 15 is 0 Å². The molecule has 0 aliphatic heterocycles. The van der Waals surface area contributed by atoms with Crippen molar-refractivity contribution in [2.45, 2.75) is 18.1 Å². The van der Waals surface area contributed by atoms with Crippen LogP contribution >= 0.6 is 11.8 Å². The third kappa shape index (κ3) is 3.95. The number of rotatable bonds is 7. The summed E-state index contributed by atoms with van der Waals surface area (Å²) in [6.45, 7) is -0.224. The second-order valence-corrected chi connectivity index (χ2v) is 5.02. The van der Waals surface area contributed by atoms with Gasteiger partial charge in [0.25, 0.3) is 0 Å². The van der Waals surface area contributed by atoms with Crippen molar-refractivity contribution in [1.29, 1.82) is 0 Å². The average Bonchev–Trinajstić information content (AvgIpc) is 2.86. The SMILES string of the molecule is COc1ccc(CCSc2nnnn2CC(=O)O)cc1. The molecule has 2 aromatic rings. The van der Waals surface area contributed by atoms with Gasteiger partial charge in [0, 0.05) is 5.75 Å². The lowest BCUT2D eigenvalue weighted by Gasteiger charge is -2.03. The largest absolute Gasteiger partial charge is 0.497 e. The zero-order valence-electron chi connectivity index (χ0n) is 10.9. The van der Waals surface area contributed by atoms with Crippen molar-refractivity contribution in [3.05, 3.63) is 29.8 Å². The molecule has 0 atom stereocenters. The predicted molar refractivity (Wildman–Crippen MR) is 72.9 cm³/mol. The van der Waals surface area contributed by atoms with Gasteiger partial charge in [0.15, 0.2) is 0 Å². The van der Waals surface area contributed by atoms with Crippen LogP contribution in [0.25, 0.3) is 0 Å². The fourth-order valence-electron chi connectivity index (χ4n) is 1.58. The molecule has 1 aromatic heterocycles. The van der Waals surface area contributed by atoms with Crippen LogP contribution < -0.4 is 4.74 Å². The molecule has 1 heterocycles. The van der Waals surface area contributed by atoms with Gasteiger partial charge in [-0.1, -0.05) is 23.9 Å². The molecular formula is C12H14N4O3S. The first-order chi connectivity index (χ1) is 9.69. The molecule has 0 unspecified atom stereocenters. The molecule has 0 amide bonds. The number of hydrogen-bond donors (Lipinski definition) is 1. The maximum atomic E-state index is 10.6. The van der Waals surface area contributed by atoms with E-state index in [4.69, 9.17) is 9.84 Å². The van der Waals surface area contributed by atoms with Crippen LogP contribution in [0.3, 0.4) is 0 Å². The van der Waals surface area contributed by atoms with E-state index < -0.39 is 5.97 Å². The summed E-state index contributed by atoms with van der Waals surface area (Å²) >= 11 is 1.43. The molecule has 0 aliphatic rings. The Labute approximate surface area is 119 Å². The van der Waals surface area contributed by atoms with Gasteiger partial charge in [-0.25, -0.2) is 4.68 Å². The van der Waals surface area contributed by atoms with Gasteiger partial charge >= 0.3 is 5.97 Å². The summed E-state index contributed by atoms with van der Waals surface area (Å²) in [6, 6.07) is 7.82. The Hall–Kier alpha value is -2.09. The van der Waals surface area contributed by atoms with E-state index in [-0.39, 0.29) is 6.54 Å². The highest BCUT2D eigenvalue weighted by Gasteiger charge is 2.09. The maximum absolute atomic E-state index is 10.6. The number of thioether (sulfide) groups is 1. The third-order valence-electron chi connectivity index (χ3n) is 2.57. The number of ether oxygens (including phenoxy) is 1. The van der Waals surface area contributed by atoms with Crippen LogP contribution in [0.4, 0.5) is 0 Å². The zero-order chi connectivity index (χ0) is 14.4. The van der Waals surface area contributed by atoms with E-state index in [1.807, 2.05) is 24.3 Å². The van der Waals surface area contributed by atoms with Crippen molar-refractivity contribution in [3.63, 3.8) is 0 Å². The fraction of sp³-hybridized carbons (Fsp3) is 0.333. The summed E-state index contributed by atoms with van der Waals surface area (Å²) in [5.41, 5.74) is 1.18. The van der Waals surface area contributed by atoms with Crippen molar-refractivity contribution in [1.82, 2.24) is 20.2 Å². The van der Waals surface area contributed by atoms with Crippen molar-refractivity contribution < 1.29 is 14.6 Å². The highest BCUT2D eigenvalue weighted by molar-refractivity contribution is 7.99. The molecule has 0 saturated carbocycles. The Balaban J connectivity index is 1.86. The van der Waals surface area contributed by atoms with Gasteiger partial charge in [-0.15, -0.1) is 5.10 Å². The van der Waals surface area contributed by atoms with Gasteiger partial charge in [-0.3, -0.25) is 4.79 Å². The minimum atomic E-state index is -0.964. The van der Waals surface area contributed by atoms with Gasteiger partial charge in [0.2, 0.25) is 5.16 Å². The van der Waals surface area contributed by atoms with Crippen LogP contribution in [-0.2, 0) is 17.8 Å². The Morgan fingerprint density at radius 1 is 1.40 bits per heavy atom. The van der Waals surface area contributed by atoms with Crippen LogP contribution in [0.15, 0.2) is 29.4 Å². The molecule has 20 heavy (non-hydrogen) atoms.